The highest BCUT2D eigenvalue weighted by Crippen LogP contribution is 2.38. The van der Waals surface area contributed by atoms with Crippen LogP contribution < -0.4 is 4.89 Å². The van der Waals surface area contributed by atoms with E-state index in [1.165, 1.54) is 141 Å². The van der Waals surface area contributed by atoms with E-state index in [0.717, 1.165) is 109 Å². The summed E-state index contributed by atoms with van der Waals surface area (Å²) in [5, 5.41) is 0. The second kappa shape index (κ2) is 65.6. The molecule has 0 saturated carbocycles. The van der Waals surface area contributed by atoms with Crippen LogP contribution in [0, 0.1) is 0 Å². The number of nitrogens with zero attached hydrogens (tertiary/aromatic N) is 1. The van der Waals surface area contributed by atoms with Gasteiger partial charge >= 0.3 is 11.9 Å². The number of phosphoric ester groups is 1. The molecular weight excluding hydrogens is 1090 g/mol. The first-order valence-corrected chi connectivity index (χ1v) is 36.4. The Morgan fingerprint density at radius 1 is 0.372 bits per heavy atom. The van der Waals surface area contributed by atoms with Crippen molar-refractivity contribution in [1.82, 2.24) is 0 Å². The van der Waals surface area contributed by atoms with Crippen molar-refractivity contribution in [2.45, 2.75) is 290 Å². The largest absolute Gasteiger partial charge is 0.756 e. The normalized spacial score (nSPS) is 14.0. The van der Waals surface area contributed by atoms with Crippen LogP contribution in [0.4, 0.5) is 0 Å². The molecule has 0 spiro atoms. The van der Waals surface area contributed by atoms with Gasteiger partial charge in [-0.2, -0.15) is 0 Å². The zero-order valence-electron chi connectivity index (χ0n) is 56.0. The van der Waals surface area contributed by atoms with Crippen molar-refractivity contribution in [3.05, 3.63) is 134 Å². The smallest absolute Gasteiger partial charge is 0.306 e. The molecule has 0 bridgehead atoms. The first-order chi connectivity index (χ1) is 42.0. The molecule has 0 aliphatic rings. The van der Waals surface area contributed by atoms with E-state index in [1.54, 1.807) is 0 Å². The van der Waals surface area contributed by atoms with Gasteiger partial charge < -0.3 is 27.9 Å². The van der Waals surface area contributed by atoms with Crippen molar-refractivity contribution >= 4 is 19.8 Å². The fraction of sp³-hybridized carbons (Fsp3) is 0.684. The highest BCUT2D eigenvalue weighted by atomic mass is 31.2. The third-order valence-corrected chi connectivity index (χ3v) is 15.6. The molecule has 0 aromatic rings. The number of hydrogen-bond acceptors (Lipinski definition) is 8. The molecule has 0 aliphatic carbocycles. The third kappa shape index (κ3) is 69.3. The molecule has 2 unspecified atom stereocenters. The molecule has 0 N–H and O–H groups in total. The number of rotatable bonds is 63. The molecule has 0 fully saturated rings. The minimum Gasteiger partial charge on any atom is -0.756 e. The van der Waals surface area contributed by atoms with Crippen molar-refractivity contribution in [3.63, 3.8) is 0 Å². The van der Waals surface area contributed by atoms with Gasteiger partial charge in [0.25, 0.3) is 7.82 Å². The van der Waals surface area contributed by atoms with E-state index in [-0.39, 0.29) is 32.0 Å². The van der Waals surface area contributed by atoms with E-state index in [2.05, 4.69) is 148 Å². The van der Waals surface area contributed by atoms with Crippen molar-refractivity contribution in [2.24, 2.45) is 0 Å². The highest BCUT2D eigenvalue weighted by Gasteiger charge is 2.22. The Morgan fingerprint density at radius 2 is 0.663 bits per heavy atom. The van der Waals surface area contributed by atoms with Gasteiger partial charge in [-0.05, 0) is 116 Å². The van der Waals surface area contributed by atoms with Crippen LogP contribution in [0.3, 0.4) is 0 Å². The number of allylic oxidation sites excluding steroid dienone is 22. The number of phosphoric acid groups is 1. The van der Waals surface area contributed by atoms with Gasteiger partial charge in [0.2, 0.25) is 0 Å². The second-order valence-corrected chi connectivity index (χ2v) is 25.6. The molecule has 0 aromatic carbocycles. The van der Waals surface area contributed by atoms with Gasteiger partial charge in [-0.15, -0.1) is 0 Å². The van der Waals surface area contributed by atoms with Crippen molar-refractivity contribution < 1.29 is 42.1 Å². The number of likely N-dealkylation sites (N-methyl/N-ethyl adjacent to an activating group) is 1. The number of carbonyl (C=O) groups excluding carboxylic acids is 2. The van der Waals surface area contributed by atoms with E-state index in [4.69, 9.17) is 18.5 Å². The minimum atomic E-state index is -4.65. The summed E-state index contributed by atoms with van der Waals surface area (Å²) in [5.41, 5.74) is 0. The van der Waals surface area contributed by atoms with E-state index in [0.29, 0.717) is 17.4 Å². The van der Waals surface area contributed by atoms with Gasteiger partial charge in [-0.3, -0.25) is 14.2 Å². The van der Waals surface area contributed by atoms with Gasteiger partial charge in [0.1, 0.15) is 19.8 Å². The van der Waals surface area contributed by atoms with Crippen LogP contribution in [-0.2, 0) is 32.7 Å². The Kier molecular flexibility index (Phi) is 62.7. The summed E-state index contributed by atoms with van der Waals surface area (Å²) in [4.78, 5) is 38.0. The van der Waals surface area contributed by atoms with Crippen molar-refractivity contribution in [3.8, 4) is 0 Å². The Bertz CT molecular complexity index is 1910. The number of ether oxygens (including phenoxy) is 2. The van der Waals surface area contributed by atoms with Crippen LogP contribution in [0.25, 0.3) is 0 Å². The van der Waals surface area contributed by atoms with Crippen LogP contribution in [0.5, 0.6) is 0 Å². The zero-order chi connectivity index (χ0) is 62.6. The maximum atomic E-state index is 12.9. The quantitative estimate of drug-likeness (QED) is 0.0195. The van der Waals surface area contributed by atoms with Crippen molar-refractivity contribution in [2.75, 3.05) is 47.5 Å². The summed E-state index contributed by atoms with van der Waals surface area (Å²) in [6.45, 7) is 4.13. The summed E-state index contributed by atoms with van der Waals surface area (Å²) in [5.74, 6) is -0.841. The molecular formula is C76H130NO8P. The Morgan fingerprint density at radius 3 is 1.00 bits per heavy atom. The third-order valence-electron chi connectivity index (χ3n) is 14.7. The van der Waals surface area contributed by atoms with Crippen molar-refractivity contribution in [1.29, 1.82) is 0 Å². The van der Waals surface area contributed by atoms with Crippen LogP contribution in [0.15, 0.2) is 134 Å². The Hall–Kier alpha value is -3.85. The second-order valence-electron chi connectivity index (χ2n) is 24.2. The molecule has 0 rings (SSSR count). The maximum Gasteiger partial charge on any atom is 0.306 e. The number of quaternary nitrogens is 1. The average molecular weight is 1220 g/mol. The highest BCUT2D eigenvalue weighted by molar-refractivity contribution is 7.45. The lowest BCUT2D eigenvalue weighted by Gasteiger charge is -2.28. The predicted molar refractivity (Wildman–Crippen MR) is 369 cm³/mol. The molecule has 10 heteroatoms. The molecule has 86 heavy (non-hydrogen) atoms. The van der Waals surface area contributed by atoms with E-state index >= 15 is 0 Å². The molecule has 492 valence electrons. The summed E-state index contributed by atoms with van der Waals surface area (Å²) in [6.07, 6.45) is 95.2. The molecule has 0 radical (unpaired) electrons. The van der Waals surface area contributed by atoms with Gasteiger partial charge in [-0.1, -0.05) is 289 Å². The molecule has 2 atom stereocenters. The fourth-order valence-corrected chi connectivity index (χ4v) is 10.1. The first-order valence-electron chi connectivity index (χ1n) is 34.9. The molecule has 0 aliphatic heterocycles. The SMILES string of the molecule is CC/C=C\C/C=C\C/C=C\C/C=C\C/C=C\C/C=C\C/C=C\C/C=C\C/C=C\C/C=C\CCCCCCCCCCCCC(=O)OC(COC(=O)CCCCCCCCCCC/C=C\CCCCCCCCCC)COP(=O)([O-])OCC[N+](C)(C)C. The maximum absolute atomic E-state index is 12.9. The minimum absolute atomic E-state index is 0.0369. The monoisotopic (exact) mass is 1220 g/mol. The van der Waals surface area contributed by atoms with E-state index < -0.39 is 26.5 Å². The topological polar surface area (TPSA) is 111 Å². The van der Waals surface area contributed by atoms with Crippen LogP contribution in [0.1, 0.15) is 284 Å². The van der Waals surface area contributed by atoms with E-state index in [9.17, 15) is 19.0 Å². The van der Waals surface area contributed by atoms with Gasteiger partial charge in [0.15, 0.2) is 6.10 Å². The Balaban J connectivity index is 4.09. The first kappa shape index (κ1) is 82.1. The molecule has 9 nitrogen and oxygen atoms in total. The van der Waals surface area contributed by atoms with Gasteiger partial charge in [0, 0.05) is 12.8 Å². The molecule has 0 heterocycles. The van der Waals surface area contributed by atoms with Crippen LogP contribution >= 0.6 is 7.82 Å². The molecule has 0 saturated heterocycles. The standard InChI is InChI=1S/C76H130NO8P/c1-6-8-10-12-14-16-18-20-22-24-26-28-29-30-31-32-33-34-35-36-37-38-39-40-41-42-43-44-45-46-47-49-51-53-55-57-59-61-63-65-67-69-76(79)85-74(73-84-86(80,81)83-71-70-77(3,4)5)72-82-75(78)68-66-64-62-60-58-56-54-52-50-48-27-25-23-21-19-17-15-13-11-9-7-2/h8,10,14,16,20,22,25-28,30-31,33-34,36-37,39-40,42-43,45-46,74H,6-7,9,11-13,15,17-19,21,23-24,29,32,35,38,41,44,47-73H2,1-5H3/b10-8-,16-14-,22-20-,27-25-,28-26-,31-30-,34-33-,37-36-,40-39-,43-42-,46-45-. The lowest BCUT2D eigenvalue weighted by Crippen LogP contribution is -2.37. The number of esters is 2. The lowest BCUT2D eigenvalue weighted by molar-refractivity contribution is -0.870. The van der Waals surface area contributed by atoms with E-state index in [1.807, 2.05) is 21.1 Å². The van der Waals surface area contributed by atoms with Gasteiger partial charge in [0.05, 0.1) is 27.7 Å². The molecule has 0 amide bonds. The fourth-order valence-electron chi connectivity index (χ4n) is 9.33. The number of unbranched alkanes of at least 4 members (excludes halogenated alkanes) is 27. The number of carbonyl (C=O) groups is 2. The zero-order valence-corrected chi connectivity index (χ0v) is 56.9. The summed E-state index contributed by atoms with van der Waals surface area (Å²) in [7, 11) is 1.15. The number of hydrogen-bond donors (Lipinski definition) is 0. The predicted octanol–water partition coefficient (Wildman–Crippen LogP) is 22.2. The van der Waals surface area contributed by atoms with Crippen LogP contribution in [-0.4, -0.2) is 70.0 Å². The summed E-state index contributed by atoms with van der Waals surface area (Å²) in [6, 6.07) is 0. The average Bonchev–Trinajstić information content (AvgIpc) is 3.70. The van der Waals surface area contributed by atoms with Crippen LogP contribution in [0.2, 0.25) is 0 Å². The van der Waals surface area contributed by atoms with Gasteiger partial charge in [-0.25, -0.2) is 0 Å². The summed E-state index contributed by atoms with van der Waals surface area (Å²) >= 11 is 0. The molecule has 0 aromatic heterocycles. The summed E-state index contributed by atoms with van der Waals surface area (Å²) < 4.78 is 34.3. The Labute approximate surface area is 530 Å². The lowest BCUT2D eigenvalue weighted by atomic mass is 10.0.